The van der Waals surface area contributed by atoms with Crippen molar-refractivity contribution in [3.63, 3.8) is 0 Å². The van der Waals surface area contributed by atoms with Crippen molar-refractivity contribution in [1.82, 2.24) is 9.88 Å². The summed E-state index contributed by atoms with van der Waals surface area (Å²) in [5.41, 5.74) is 1.49. The van der Waals surface area contributed by atoms with E-state index in [9.17, 15) is 14.0 Å². The Labute approximate surface area is 171 Å². The predicted octanol–water partition coefficient (Wildman–Crippen LogP) is 4.08. The molecule has 1 saturated carbocycles. The predicted molar refractivity (Wildman–Crippen MR) is 111 cm³/mol. The third kappa shape index (κ3) is 4.22. The first-order valence-electron chi connectivity index (χ1n) is 9.79. The number of hydrogen-bond acceptors (Lipinski definition) is 4. The number of carboxylic acids is 1. The number of fused-ring (bicyclic) bond motifs is 1. The summed E-state index contributed by atoms with van der Waals surface area (Å²) in [6.45, 7) is 0.315. The number of carboxylic acid groups (broad SMARTS) is 1. The van der Waals surface area contributed by atoms with E-state index in [4.69, 9.17) is 10.1 Å². The van der Waals surface area contributed by atoms with Crippen LogP contribution in [-0.4, -0.2) is 44.6 Å². The molecule has 152 valence electrons. The lowest BCUT2D eigenvalue weighted by Crippen LogP contribution is -2.32. The van der Waals surface area contributed by atoms with Gasteiger partial charge in [-0.25, -0.2) is 9.18 Å². The van der Waals surface area contributed by atoms with E-state index in [1.165, 1.54) is 17.4 Å². The van der Waals surface area contributed by atoms with E-state index < -0.39 is 5.97 Å². The lowest BCUT2D eigenvalue weighted by atomic mass is 9.96. The molecule has 6 nitrogen and oxygen atoms in total. The van der Waals surface area contributed by atoms with Crippen molar-refractivity contribution < 1.29 is 19.1 Å². The highest BCUT2D eigenvalue weighted by Crippen LogP contribution is 2.33. The minimum absolute atomic E-state index is 0.163. The number of H-pyrrole nitrogens is 1. The molecule has 1 aliphatic heterocycles. The highest BCUT2D eigenvalue weighted by atomic mass is 32.2. The van der Waals surface area contributed by atoms with Crippen LogP contribution in [-0.2, 0) is 16.0 Å². The number of amidine groups is 1. The molecule has 0 radical (unpaired) electrons. The van der Waals surface area contributed by atoms with E-state index in [2.05, 4.69) is 4.98 Å². The van der Waals surface area contributed by atoms with Gasteiger partial charge in [0, 0.05) is 29.7 Å². The molecule has 4 rings (SSSR count). The number of amides is 1. The summed E-state index contributed by atoms with van der Waals surface area (Å²) in [6, 6.07) is 5.04. The van der Waals surface area contributed by atoms with Gasteiger partial charge < -0.3 is 10.1 Å². The number of benzene rings is 1. The first-order chi connectivity index (χ1) is 14.0. The number of halogens is 1. The quantitative estimate of drug-likeness (QED) is 0.721. The average Bonchev–Trinajstić information content (AvgIpc) is 3.23. The van der Waals surface area contributed by atoms with Crippen LogP contribution >= 0.6 is 11.8 Å². The first-order valence-corrected chi connectivity index (χ1v) is 10.6. The van der Waals surface area contributed by atoms with Gasteiger partial charge in [0.1, 0.15) is 5.82 Å². The van der Waals surface area contributed by atoms with E-state index in [1.807, 2.05) is 6.07 Å². The number of nitrogens with one attached hydrogen (secondary N) is 1. The highest BCUT2D eigenvalue weighted by Gasteiger charge is 2.34. The monoisotopic (exact) mass is 415 g/mol. The lowest BCUT2D eigenvalue weighted by molar-refractivity contribution is -0.132. The maximum Gasteiger partial charge on any atom is 0.329 e. The molecule has 1 amide bonds. The maximum atomic E-state index is 14.2. The number of hydrogen-bond donors (Lipinski definition) is 2. The topological polar surface area (TPSA) is 85.8 Å². The van der Waals surface area contributed by atoms with Gasteiger partial charge in [-0.2, -0.15) is 0 Å². The zero-order chi connectivity index (χ0) is 20.4. The Morgan fingerprint density at radius 1 is 1.34 bits per heavy atom. The first kappa shape index (κ1) is 19.7. The molecular weight excluding hydrogens is 393 g/mol. The highest BCUT2D eigenvalue weighted by molar-refractivity contribution is 8.18. The van der Waals surface area contributed by atoms with Gasteiger partial charge >= 0.3 is 5.97 Å². The molecule has 2 fully saturated rings. The van der Waals surface area contributed by atoms with Crippen molar-refractivity contribution in [2.45, 2.75) is 44.6 Å². The number of aromatic amines is 1. The summed E-state index contributed by atoms with van der Waals surface area (Å²) in [6.07, 6.45) is 8.54. The van der Waals surface area contributed by atoms with Crippen molar-refractivity contribution in [3.8, 4) is 0 Å². The molecule has 1 saturated heterocycles. The van der Waals surface area contributed by atoms with E-state index in [1.54, 1.807) is 12.3 Å². The molecule has 29 heavy (non-hydrogen) atoms. The summed E-state index contributed by atoms with van der Waals surface area (Å²) in [5.74, 6) is -1.81. The zero-order valence-electron chi connectivity index (χ0n) is 15.9. The zero-order valence-corrected chi connectivity index (χ0v) is 16.7. The molecule has 1 aromatic heterocycles. The number of aliphatic carboxylic acids is 1. The summed E-state index contributed by atoms with van der Waals surface area (Å²) in [7, 11) is 0. The summed E-state index contributed by atoms with van der Waals surface area (Å²) in [5, 5.41) is 10.1. The van der Waals surface area contributed by atoms with Crippen LogP contribution in [0.3, 0.4) is 0 Å². The minimum atomic E-state index is -1.15. The molecule has 0 bridgehead atoms. The molecule has 2 heterocycles. The molecule has 0 atom stereocenters. The largest absolute Gasteiger partial charge is 0.478 e. The fourth-order valence-electron chi connectivity index (χ4n) is 3.92. The van der Waals surface area contributed by atoms with Gasteiger partial charge in [0.2, 0.25) is 0 Å². The van der Waals surface area contributed by atoms with Crippen LogP contribution in [0.2, 0.25) is 0 Å². The van der Waals surface area contributed by atoms with Crippen LogP contribution in [0.25, 0.3) is 10.9 Å². The van der Waals surface area contributed by atoms with Gasteiger partial charge in [0.15, 0.2) is 5.17 Å². The Bertz CT molecular complexity index is 1010. The second-order valence-corrected chi connectivity index (χ2v) is 8.34. The van der Waals surface area contributed by atoms with Crippen LogP contribution in [0.4, 0.5) is 4.39 Å². The Morgan fingerprint density at radius 3 is 2.90 bits per heavy atom. The summed E-state index contributed by atoms with van der Waals surface area (Å²) in [4.78, 5) is 33.4. The van der Waals surface area contributed by atoms with Gasteiger partial charge in [0.25, 0.3) is 5.91 Å². The van der Waals surface area contributed by atoms with Crippen molar-refractivity contribution >= 4 is 39.7 Å². The number of aliphatic imine (C=N–C) groups is 1. The molecule has 2 aliphatic rings. The van der Waals surface area contributed by atoms with Crippen LogP contribution in [0.1, 0.15) is 37.7 Å². The molecule has 0 spiro atoms. The van der Waals surface area contributed by atoms with E-state index in [0.29, 0.717) is 29.0 Å². The van der Waals surface area contributed by atoms with Crippen LogP contribution < -0.4 is 0 Å². The molecule has 8 heteroatoms. The Balaban J connectivity index is 1.58. The number of nitrogens with zero attached hydrogens (tertiary/aromatic N) is 2. The van der Waals surface area contributed by atoms with Crippen molar-refractivity contribution in [1.29, 1.82) is 0 Å². The van der Waals surface area contributed by atoms with E-state index >= 15 is 0 Å². The van der Waals surface area contributed by atoms with Crippen molar-refractivity contribution in [3.05, 3.63) is 46.8 Å². The minimum Gasteiger partial charge on any atom is -0.478 e. The fourth-order valence-corrected chi connectivity index (χ4v) is 4.96. The number of thioether (sulfide) groups is 1. The molecule has 1 aliphatic carbocycles. The third-order valence-electron chi connectivity index (χ3n) is 5.35. The Hall–Kier alpha value is -2.61. The number of carbonyl (C=O) groups excluding carboxylic acids is 1. The van der Waals surface area contributed by atoms with Gasteiger partial charge in [-0.05, 0) is 48.7 Å². The van der Waals surface area contributed by atoms with Crippen molar-refractivity contribution in [2.75, 3.05) is 6.54 Å². The second kappa shape index (κ2) is 8.41. The lowest BCUT2D eigenvalue weighted by Gasteiger charge is -2.21. The summed E-state index contributed by atoms with van der Waals surface area (Å²) >= 11 is 1.12. The number of rotatable bonds is 5. The smallest absolute Gasteiger partial charge is 0.329 e. The maximum absolute atomic E-state index is 14.2. The molecule has 2 aromatic rings. The SMILES string of the molecule is O=C(O)/C=C1/SC(=NC2CCCCC2)N(CCc2c[nH]c3cccc(F)c23)C1=O. The van der Waals surface area contributed by atoms with Crippen LogP contribution in [0.5, 0.6) is 0 Å². The Morgan fingerprint density at radius 2 is 2.14 bits per heavy atom. The molecular formula is C21H22FN3O3S. The molecule has 0 unspecified atom stereocenters. The Kier molecular flexibility index (Phi) is 5.71. The average molecular weight is 415 g/mol. The normalized spacial score (nSPS) is 21.0. The second-order valence-electron chi connectivity index (χ2n) is 7.34. The standard InChI is InChI=1S/C21H22FN3O3S/c22-15-7-4-8-16-19(15)13(12-23-16)9-10-25-20(28)17(11-18(26)27)29-21(25)24-14-5-2-1-3-6-14/h4,7-8,11-12,14,23H,1-3,5-6,9-10H2,(H,26,27)/b17-11+,24-21?. The fraction of sp³-hybridized carbons (Fsp3) is 0.381. The van der Waals surface area contributed by atoms with Crippen LogP contribution in [0.15, 0.2) is 40.4 Å². The van der Waals surface area contributed by atoms with Gasteiger partial charge in [-0.1, -0.05) is 25.3 Å². The number of carbonyl (C=O) groups is 2. The number of aromatic nitrogens is 1. The van der Waals surface area contributed by atoms with E-state index in [-0.39, 0.29) is 22.7 Å². The van der Waals surface area contributed by atoms with Gasteiger partial charge in [0.05, 0.1) is 10.9 Å². The van der Waals surface area contributed by atoms with Gasteiger partial charge in [-0.3, -0.25) is 14.7 Å². The third-order valence-corrected chi connectivity index (χ3v) is 6.37. The molecule has 1 aromatic carbocycles. The molecule has 2 N–H and O–H groups in total. The summed E-state index contributed by atoms with van der Waals surface area (Å²) < 4.78 is 14.2. The van der Waals surface area contributed by atoms with Crippen LogP contribution in [0, 0.1) is 5.82 Å². The van der Waals surface area contributed by atoms with Gasteiger partial charge in [-0.15, -0.1) is 0 Å². The van der Waals surface area contributed by atoms with Crippen molar-refractivity contribution in [2.24, 2.45) is 4.99 Å². The van der Waals surface area contributed by atoms with E-state index in [0.717, 1.165) is 49.1 Å².